The van der Waals surface area contributed by atoms with Gasteiger partial charge in [-0.15, -0.1) is 0 Å². The average Bonchev–Trinajstić information content (AvgIpc) is 3.60. The summed E-state index contributed by atoms with van der Waals surface area (Å²) in [7, 11) is 0. The minimum Gasteiger partial charge on any atom is -0.394 e. The van der Waals surface area contributed by atoms with Crippen LogP contribution in [0.1, 0.15) is 271 Å². The first-order valence-electron chi connectivity index (χ1n) is 33.8. The summed E-state index contributed by atoms with van der Waals surface area (Å²) in [5.41, 5.74) is 0. The van der Waals surface area contributed by atoms with Crippen molar-refractivity contribution in [3.05, 3.63) is 0 Å². The molecule has 0 saturated carbocycles. The molecule has 3 aliphatic rings. The number of carbonyl (C=O) groups is 1. The van der Waals surface area contributed by atoms with Crippen LogP contribution in [0.3, 0.4) is 0 Å². The van der Waals surface area contributed by atoms with E-state index in [9.17, 15) is 61.0 Å². The SMILES string of the molecule is CCCCCCCCCCCCCCCCCCCCCCCCCCCCCCC(O)C(COC1OC(CO)C(OC2OC(CO)C(OC3OC(CO)C(O)C(O)C3O)C(O)C2O)C(O)C1O)NC(=O)CCCCCCCCCCCC. The molecular formula is C64H123NO18. The second-order valence-corrected chi connectivity index (χ2v) is 24.7. The molecule has 0 spiro atoms. The molecule has 83 heavy (non-hydrogen) atoms. The average molecular weight is 1190 g/mol. The third-order valence-electron chi connectivity index (χ3n) is 17.4. The Balaban J connectivity index is 1.38. The molecule has 492 valence electrons. The van der Waals surface area contributed by atoms with E-state index >= 15 is 0 Å². The maximum absolute atomic E-state index is 13.3. The van der Waals surface area contributed by atoms with Gasteiger partial charge in [-0.2, -0.15) is 0 Å². The second-order valence-electron chi connectivity index (χ2n) is 24.7. The van der Waals surface area contributed by atoms with Gasteiger partial charge in [0.2, 0.25) is 5.91 Å². The van der Waals surface area contributed by atoms with Crippen LogP contribution in [0, 0.1) is 0 Å². The molecule has 0 bridgehead atoms. The Bertz CT molecular complexity index is 1520. The van der Waals surface area contributed by atoms with Gasteiger partial charge in [-0.25, -0.2) is 0 Å². The van der Waals surface area contributed by atoms with Crippen LogP contribution >= 0.6 is 0 Å². The standard InChI is InChI=1S/C64H123NO18/c1-3-5-7-9-11-13-15-16-17-18-19-20-21-22-23-24-25-26-27-28-29-30-31-32-33-35-37-39-41-48(69)47(65-52(70)42-40-38-36-34-14-12-10-8-6-4-2)46-78-62-58(76)55(73)60(50(44-67)80-62)83-64-59(77)56(74)61(51(45-68)81-64)82-63-57(75)54(72)53(71)49(43-66)79-63/h47-51,53-64,66-69,71-77H,3-46H2,1-2H3,(H,65,70). The molecule has 0 aromatic heterocycles. The van der Waals surface area contributed by atoms with Crippen molar-refractivity contribution < 1.29 is 89.4 Å². The first-order chi connectivity index (χ1) is 40.3. The summed E-state index contributed by atoms with van der Waals surface area (Å²) in [6, 6.07) is -0.880. The Kier molecular flexibility index (Phi) is 43.7. The number of unbranched alkanes of at least 4 members (excludes halogenated alkanes) is 36. The van der Waals surface area contributed by atoms with Crippen molar-refractivity contribution in [2.75, 3.05) is 26.4 Å². The van der Waals surface area contributed by atoms with Gasteiger partial charge in [0.15, 0.2) is 18.9 Å². The molecule has 17 atom stereocenters. The van der Waals surface area contributed by atoms with Crippen LogP contribution in [0.15, 0.2) is 0 Å². The number of rotatable bonds is 52. The number of aliphatic hydroxyl groups is 11. The number of ether oxygens (including phenoxy) is 6. The molecule has 3 fully saturated rings. The normalized spacial score (nSPS) is 29.3. The highest BCUT2D eigenvalue weighted by Gasteiger charge is 2.53. The summed E-state index contributed by atoms with van der Waals surface area (Å²) in [5, 5.41) is 120. The highest BCUT2D eigenvalue weighted by atomic mass is 16.8. The summed E-state index contributed by atoms with van der Waals surface area (Å²) in [6.07, 6.45) is 22.2. The van der Waals surface area contributed by atoms with Gasteiger partial charge in [-0.05, 0) is 12.8 Å². The smallest absolute Gasteiger partial charge is 0.220 e. The lowest BCUT2D eigenvalue weighted by Gasteiger charge is -2.48. The zero-order valence-electron chi connectivity index (χ0n) is 51.7. The third kappa shape index (κ3) is 30.7. The van der Waals surface area contributed by atoms with Crippen LogP contribution < -0.4 is 5.32 Å². The number of amides is 1. The van der Waals surface area contributed by atoms with Crippen LogP contribution in [-0.2, 0) is 33.2 Å². The Morgan fingerprint density at radius 2 is 0.687 bits per heavy atom. The number of carbonyl (C=O) groups excluding carboxylic acids is 1. The molecule has 3 rings (SSSR count). The molecule has 0 aromatic rings. The number of aliphatic hydroxyl groups excluding tert-OH is 11. The highest BCUT2D eigenvalue weighted by Crippen LogP contribution is 2.33. The Labute approximate surface area is 500 Å². The Morgan fingerprint density at radius 1 is 0.386 bits per heavy atom. The molecule has 0 aliphatic carbocycles. The zero-order chi connectivity index (χ0) is 60.5. The molecule has 0 aromatic carbocycles. The van der Waals surface area contributed by atoms with E-state index < -0.39 is 124 Å². The van der Waals surface area contributed by atoms with E-state index in [0.29, 0.717) is 12.8 Å². The van der Waals surface area contributed by atoms with E-state index in [-0.39, 0.29) is 18.9 Å². The number of nitrogens with one attached hydrogen (secondary N) is 1. The Hall–Kier alpha value is -1.21. The predicted molar refractivity (Wildman–Crippen MR) is 319 cm³/mol. The predicted octanol–water partition coefficient (Wildman–Crippen LogP) is 7.94. The monoisotopic (exact) mass is 1190 g/mol. The van der Waals surface area contributed by atoms with Gasteiger partial charge in [0, 0.05) is 6.42 Å². The van der Waals surface area contributed by atoms with Crippen molar-refractivity contribution >= 4 is 5.91 Å². The quantitative estimate of drug-likeness (QED) is 0.0257. The zero-order valence-corrected chi connectivity index (χ0v) is 51.7. The molecule has 3 saturated heterocycles. The minimum atomic E-state index is -1.97. The van der Waals surface area contributed by atoms with Crippen LogP contribution in [0.25, 0.3) is 0 Å². The summed E-state index contributed by atoms with van der Waals surface area (Å²) in [6.45, 7) is 1.80. The summed E-state index contributed by atoms with van der Waals surface area (Å²) >= 11 is 0. The number of hydrogen-bond donors (Lipinski definition) is 12. The lowest BCUT2D eigenvalue weighted by molar-refractivity contribution is -0.379. The molecule has 17 unspecified atom stereocenters. The summed E-state index contributed by atoms with van der Waals surface area (Å²) in [4.78, 5) is 13.3. The van der Waals surface area contributed by atoms with Gasteiger partial charge in [-0.3, -0.25) is 4.79 Å². The van der Waals surface area contributed by atoms with Gasteiger partial charge < -0.3 is 89.9 Å². The maximum Gasteiger partial charge on any atom is 0.220 e. The molecule has 19 nitrogen and oxygen atoms in total. The fourth-order valence-corrected chi connectivity index (χ4v) is 11.9. The summed E-state index contributed by atoms with van der Waals surface area (Å²) in [5.74, 6) is -0.241. The lowest BCUT2D eigenvalue weighted by Crippen LogP contribution is -2.66. The molecule has 3 aliphatic heterocycles. The molecule has 19 heteroatoms. The van der Waals surface area contributed by atoms with Crippen molar-refractivity contribution in [1.82, 2.24) is 5.32 Å². The fourth-order valence-electron chi connectivity index (χ4n) is 11.9. The van der Waals surface area contributed by atoms with Crippen LogP contribution in [0.4, 0.5) is 0 Å². The van der Waals surface area contributed by atoms with Gasteiger partial charge in [-0.1, -0.05) is 251 Å². The molecular weight excluding hydrogens is 1070 g/mol. The first kappa shape index (κ1) is 76.0. The largest absolute Gasteiger partial charge is 0.394 e. The van der Waals surface area contributed by atoms with Crippen LogP contribution in [0.2, 0.25) is 0 Å². The van der Waals surface area contributed by atoms with Crippen LogP contribution in [0.5, 0.6) is 0 Å². The lowest BCUT2D eigenvalue weighted by atomic mass is 9.96. The Morgan fingerprint density at radius 3 is 1.05 bits per heavy atom. The van der Waals surface area contributed by atoms with Crippen LogP contribution in [-0.4, -0.2) is 193 Å². The van der Waals surface area contributed by atoms with E-state index in [1.54, 1.807) is 0 Å². The molecule has 0 radical (unpaired) electrons. The van der Waals surface area contributed by atoms with Gasteiger partial charge in [0.1, 0.15) is 73.2 Å². The number of hydrogen-bond acceptors (Lipinski definition) is 18. The topological polar surface area (TPSA) is 307 Å². The van der Waals surface area contributed by atoms with Gasteiger partial charge in [0.25, 0.3) is 0 Å². The third-order valence-corrected chi connectivity index (χ3v) is 17.4. The van der Waals surface area contributed by atoms with Gasteiger partial charge in [0.05, 0.1) is 38.6 Å². The van der Waals surface area contributed by atoms with Crippen molar-refractivity contribution in [1.29, 1.82) is 0 Å². The van der Waals surface area contributed by atoms with Crippen molar-refractivity contribution in [2.45, 2.75) is 375 Å². The van der Waals surface area contributed by atoms with E-state index in [1.165, 1.54) is 193 Å². The van der Waals surface area contributed by atoms with Crippen molar-refractivity contribution in [3.63, 3.8) is 0 Å². The molecule has 3 heterocycles. The second kappa shape index (κ2) is 47.7. The first-order valence-corrected chi connectivity index (χ1v) is 33.8. The van der Waals surface area contributed by atoms with Gasteiger partial charge >= 0.3 is 0 Å². The maximum atomic E-state index is 13.3. The highest BCUT2D eigenvalue weighted by molar-refractivity contribution is 5.76. The van der Waals surface area contributed by atoms with E-state index in [0.717, 1.165) is 44.9 Å². The molecule has 1 amide bonds. The fraction of sp³-hybridized carbons (Fsp3) is 0.984. The van der Waals surface area contributed by atoms with Crippen molar-refractivity contribution in [2.24, 2.45) is 0 Å². The van der Waals surface area contributed by atoms with E-state index in [2.05, 4.69) is 19.2 Å². The van der Waals surface area contributed by atoms with E-state index in [4.69, 9.17) is 28.4 Å². The van der Waals surface area contributed by atoms with Crippen molar-refractivity contribution in [3.8, 4) is 0 Å². The minimum absolute atomic E-state index is 0.241. The molecule has 12 N–H and O–H groups in total. The summed E-state index contributed by atoms with van der Waals surface area (Å²) < 4.78 is 34.3. The van der Waals surface area contributed by atoms with E-state index in [1.807, 2.05) is 0 Å².